The molecule has 3 N–H and O–H groups in total. The van der Waals surface area contributed by atoms with Crippen LogP contribution in [0.15, 0.2) is 48.7 Å². The lowest BCUT2D eigenvalue weighted by Gasteiger charge is -2.09. The van der Waals surface area contributed by atoms with Crippen molar-refractivity contribution in [2.45, 2.75) is 0 Å². The van der Waals surface area contributed by atoms with Crippen LogP contribution >= 0.6 is 0 Å². The number of carbonyl (C=O) groups excluding carboxylic acids is 1. The number of fused-ring (bicyclic) bond motifs is 1. The van der Waals surface area contributed by atoms with Crippen molar-refractivity contribution in [3.05, 3.63) is 54.4 Å². The largest absolute Gasteiger partial charge is 0.396 e. The van der Waals surface area contributed by atoms with Gasteiger partial charge in [0.15, 0.2) is 0 Å². The maximum absolute atomic E-state index is 12.3. The number of nitrogens with two attached hydrogens (primary N) is 1. The second kappa shape index (κ2) is 4.70. The number of aryl methyl sites for hydroxylation is 1. The monoisotopic (exact) mass is 266 g/mol. The van der Waals surface area contributed by atoms with Crippen LogP contribution in [0.25, 0.3) is 10.8 Å². The molecule has 1 heterocycles. The number of hydrogen-bond acceptors (Lipinski definition) is 3. The van der Waals surface area contributed by atoms with Gasteiger partial charge < -0.3 is 11.1 Å². The number of rotatable bonds is 2. The fourth-order valence-corrected chi connectivity index (χ4v) is 2.25. The molecule has 0 aliphatic heterocycles. The van der Waals surface area contributed by atoms with Crippen LogP contribution in [0.2, 0.25) is 0 Å². The minimum absolute atomic E-state index is 0.265. The normalized spacial score (nSPS) is 10.7. The Kier molecular flexibility index (Phi) is 2.87. The Morgan fingerprint density at radius 1 is 1.20 bits per heavy atom. The van der Waals surface area contributed by atoms with Crippen molar-refractivity contribution >= 4 is 28.1 Å². The Morgan fingerprint density at radius 2 is 1.95 bits per heavy atom. The molecule has 3 rings (SSSR count). The van der Waals surface area contributed by atoms with E-state index in [2.05, 4.69) is 10.4 Å². The van der Waals surface area contributed by atoms with E-state index < -0.39 is 0 Å². The third-order valence-electron chi connectivity index (χ3n) is 3.22. The molecule has 5 heteroatoms. The molecule has 2 aromatic carbocycles. The van der Waals surface area contributed by atoms with Crippen molar-refractivity contribution in [3.8, 4) is 0 Å². The molecule has 0 atom stereocenters. The summed E-state index contributed by atoms with van der Waals surface area (Å²) in [6.07, 6.45) is 1.47. The van der Waals surface area contributed by atoms with Crippen molar-refractivity contribution in [3.63, 3.8) is 0 Å². The van der Waals surface area contributed by atoms with Crippen molar-refractivity contribution < 1.29 is 4.79 Å². The van der Waals surface area contributed by atoms with E-state index in [0.717, 1.165) is 16.5 Å². The fourth-order valence-electron chi connectivity index (χ4n) is 2.25. The fraction of sp³-hybridized carbons (Fsp3) is 0.0667. The standard InChI is InChI=1S/C15H14N4O/c1-19-14(12(16)9-17-19)15(20)18-13-8-4-6-10-5-2-3-7-11(10)13/h2-9H,16H2,1H3,(H,18,20). The number of anilines is 2. The molecule has 100 valence electrons. The summed E-state index contributed by atoms with van der Waals surface area (Å²) in [6, 6.07) is 13.7. The molecule has 0 spiro atoms. The maximum atomic E-state index is 12.3. The molecule has 20 heavy (non-hydrogen) atoms. The van der Waals surface area contributed by atoms with Gasteiger partial charge in [0.1, 0.15) is 5.69 Å². The third-order valence-corrected chi connectivity index (χ3v) is 3.22. The number of amides is 1. The van der Waals surface area contributed by atoms with E-state index in [-0.39, 0.29) is 5.91 Å². The van der Waals surface area contributed by atoms with Gasteiger partial charge in [0, 0.05) is 18.1 Å². The van der Waals surface area contributed by atoms with Gasteiger partial charge in [-0.1, -0.05) is 36.4 Å². The summed E-state index contributed by atoms with van der Waals surface area (Å²) in [5.74, 6) is -0.265. The smallest absolute Gasteiger partial charge is 0.276 e. The first kappa shape index (κ1) is 12.2. The summed E-state index contributed by atoms with van der Waals surface area (Å²) in [7, 11) is 1.69. The highest BCUT2D eigenvalue weighted by Gasteiger charge is 2.15. The predicted molar refractivity (Wildman–Crippen MR) is 79.5 cm³/mol. The lowest BCUT2D eigenvalue weighted by Crippen LogP contribution is -2.17. The van der Waals surface area contributed by atoms with E-state index in [1.807, 2.05) is 42.5 Å². The summed E-state index contributed by atoms with van der Waals surface area (Å²) >= 11 is 0. The first-order chi connectivity index (χ1) is 9.66. The zero-order valence-corrected chi connectivity index (χ0v) is 11.0. The van der Waals surface area contributed by atoms with E-state index in [0.29, 0.717) is 11.4 Å². The molecule has 1 amide bonds. The molecule has 0 bridgehead atoms. The molecule has 0 unspecified atom stereocenters. The zero-order chi connectivity index (χ0) is 14.1. The van der Waals surface area contributed by atoms with Gasteiger partial charge in [0.2, 0.25) is 0 Å². The predicted octanol–water partition coefficient (Wildman–Crippen LogP) is 2.41. The van der Waals surface area contributed by atoms with E-state index in [1.54, 1.807) is 7.05 Å². The first-order valence-electron chi connectivity index (χ1n) is 6.23. The topological polar surface area (TPSA) is 72.9 Å². The van der Waals surface area contributed by atoms with E-state index in [1.165, 1.54) is 10.9 Å². The molecule has 0 fully saturated rings. The maximum Gasteiger partial charge on any atom is 0.276 e. The first-order valence-corrected chi connectivity index (χ1v) is 6.23. The number of nitrogens with one attached hydrogen (secondary N) is 1. The summed E-state index contributed by atoms with van der Waals surface area (Å²) in [6.45, 7) is 0. The van der Waals surface area contributed by atoms with Gasteiger partial charge in [0.25, 0.3) is 5.91 Å². The van der Waals surface area contributed by atoms with Gasteiger partial charge in [-0.3, -0.25) is 9.48 Å². The van der Waals surface area contributed by atoms with Crippen LogP contribution in [-0.4, -0.2) is 15.7 Å². The van der Waals surface area contributed by atoms with Crippen molar-refractivity contribution in [2.24, 2.45) is 7.05 Å². The van der Waals surface area contributed by atoms with Crippen LogP contribution in [-0.2, 0) is 7.05 Å². The van der Waals surface area contributed by atoms with E-state index in [9.17, 15) is 4.79 Å². The number of hydrogen-bond donors (Lipinski definition) is 2. The molecule has 3 aromatic rings. The minimum atomic E-state index is -0.265. The molecular weight excluding hydrogens is 252 g/mol. The average molecular weight is 266 g/mol. The van der Waals surface area contributed by atoms with Gasteiger partial charge in [-0.25, -0.2) is 0 Å². The second-order valence-electron chi connectivity index (χ2n) is 4.55. The summed E-state index contributed by atoms with van der Waals surface area (Å²) in [5, 5.41) is 8.92. The quantitative estimate of drug-likeness (QED) is 0.748. The molecule has 0 saturated carbocycles. The lowest BCUT2D eigenvalue weighted by atomic mass is 10.1. The van der Waals surface area contributed by atoms with Crippen LogP contribution in [0.4, 0.5) is 11.4 Å². The molecule has 0 radical (unpaired) electrons. The van der Waals surface area contributed by atoms with Crippen LogP contribution in [0, 0.1) is 0 Å². The Balaban J connectivity index is 2.00. The minimum Gasteiger partial charge on any atom is -0.396 e. The van der Waals surface area contributed by atoms with Crippen LogP contribution in [0.1, 0.15) is 10.5 Å². The number of carbonyl (C=O) groups is 1. The van der Waals surface area contributed by atoms with E-state index in [4.69, 9.17) is 5.73 Å². The van der Waals surface area contributed by atoms with Gasteiger partial charge in [-0.15, -0.1) is 0 Å². The highest BCUT2D eigenvalue weighted by Crippen LogP contribution is 2.24. The third kappa shape index (κ3) is 1.99. The van der Waals surface area contributed by atoms with Gasteiger partial charge >= 0.3 is 0 Å². The van der Waals surface area contributed by atoms with Crippen LogP contribution in [0.3, 0.4) is 0 Å². The van der Waals surface area contributed by atoms with Crippen molar-refractivity contribution in [2.75, 3.05) is 11.1 Å². The molecule has 0 aliphatic carbocycles. The second-order valence-corrected chi connectivity index (χ2v) is 4.55. The van der Waals surface area contributed by atoms with Crippen LogP contribution in [0.5, 0.6) is 0 Å². The Morgan fingerprint density at radius 3 is 2.70 bits per heavy atom. The zero-order valence-electron chi connectivity index (χ0n) is 11.0. The van der Waals surface area contributed by atoms with Crippen molar-refractivity contribution in [1.29, 1.82) is 0 Å². The van der Waals surface area contributed by atoms with Crippen LogP contribution < -0.4 is 11.1 Å². The van der Waals surface area contributed by atoms with E-state index >= 15 is 0 Å². The Bertz CT molecular complexity index is 767. The lowest BCUT2D eigenvalue weighted by molar-refractivity contribution is 0.101. The molecule has 0 aliphatic rings. The summed E-state index contributed by atoms with van der Waals surface area (Å²) in [5.41, 5.74) is 7.25. The van der Waals surface area contributed by atoms with Crippen molar-refractivity contribution in [1.82, 2.24) is 9.78 Å². The van der Waals surface area contributed by atoms with Gasteiger partial charge in [0.05, 0.1) is 11.9 Å². The SMILES string of the molecule is Cn1ncc(N)c1C(=O)Nc1cccc2ccccc12. The van der Waals surface area contributed by atoms with Gasteiger partial charge in [-0.05, 0) is 11.5 Å². The summed E-state index contributed by atoms with van der Waals surface area (Å²) in [4.78, 5) is 12.3. The summed E-state index contributed by atoms with van der Waals surface area (Å²) < 4.78 is 1.47. The molecular formula is C15H14N4O. The number of nitrogens with zero attached hydrogens (tertiary/aromatic N) is 2. The number of benzene rings is 2. The number of nitrogen functional groups attached to an aromatic ring is 1. The van der Waals surface area contributed by atoms with Gasteiger partial charge in [-0.2, -0.15) is 5.10 Å². The highest BCUT2D eigenvalue weighted by atomic mass is 16.2. The molecule has 0 saturated heterocycles. The molecule has 1 aromatic heterocycles. The Hall–Kier alpha value is -2.82. The molecule has 5 nitrogen and oxygen atoms in total. The average Bonchev–Trinajstić information content (AvgIpc) is 2.78. The number of aromatic nitrogens is 2. The Labute approximate surface area is 116 Å². The highest BCUT2D eigenvalue weighted by molar-refractivity contribution is 6.10.